The second-order valence-corrected chi connectivity index (χ2v) is 4.33. The van der Waals surface area contributed by atoms with E-state index < -0.39 is 0 Å². The van der Waals surface area contributed by atoms with Crippen molar-refractivity contribution < 1.29 is 0 Å². The summed E-state index contributed by atoms with van der Waals surface area (Å²) in [4.78, 5) is 0. The summed E-state index contributed by atoms with van der Waals surface area (Å²) in [6, 6.07) is 0.337. The lowest BCUT2D eigenvalue weighted by molar-refractivity contribution is 0.290. The van der Waals surface area contributed by atoms with Crippen LogP contribution in [0.5, 0.6) is 0 Å². The standard InChI is InChI=1S/C10H23N/c1-7(2)6-8(3)9(4)10(5)11/h7-10H,6,11H2,1-5H3. The van der Waals surface area contributed by atoms with Crippen molar-refractivity contribution in [1.29, 1.82) is 0 Å². The highest BCUT2D eigenvalue weighted by Gasteiger charge is 2.16. The first-order valence-electron chi connectivity index (χ1n) is 4.70. The highest BCUT2D eigenvalue weighted by Crippen LogP contribution is 2.21. The maximum Gasteiger partial charge on any atom is 0.00386 e. The lowest BCUT2D eigenvalue weighted by Crippen LogP contribution is -2.29. The molecule has 0 bridgehead atoms. The van der Waals surface area contributed by atoms with Crippen molar-refractivity contribution in [2.45, 2.75) is 47.1 Å². The van der Waals surface area contributed by atoms with Crippen molar-refractivity contribution in [3.05, 3.63) is 0 Å². The fourth-order valence-corrected chi connectivity index (χ4v) is 1.48. The molecule has 0 aromatic carbocycles. The van der Waals surface area contributed by atoms with Crippen LogP contribution >= 0.6 is 0 Å². The van der Waals surface area contributed by atoms with E-state index in [1.807, 2.05) is 0 Å². The topological polar surface area (TPSA) is 26.0 Å². The van der Waals surface area contributed by atoms with Gasteiger partial charge in [-0.25, -0.2) is 0 Å². The molecule has 68 valence electrons. The molecule has 11 heavy (non-hydrogen) atoms. The molecule has 0 spiro atoms. The molecule has 1 heteroatoms. The van der Waals surface area contributed by atoms with Gasteiger partial charge in [-0.2, -0.15) is 0 Å². The monoisotopic (exact) mass is 157 g/mol. The van der Waals surface area contributed by atoms with Crippen LogP contribution in [0.3, 0.4) is 0 Å². The highest BCUT2D eigenvalue weighted by atomic mass is 14.6. The van der Waals surface area contributed by atoms with Gasteiger partial charge in [-0.05, 0) is 31.1 Å². The lowest BCUT2D eigenvalue weighted by Gasteiger charge is -2.24. The molecule has 3 unspecified atom stereocenters. The van der Waals surface area contributed by atoms with Crippen molar-refractivity contribution in [2.24, 2.45) is 23.5 Å². The quantitative estimate of drug-likeness (QED) is 0.667. The van der Waals surface area contributed by atoms with E-state index in [-0.39, 0.29) is 0 Å². The average Bonchev–Trinajstić information content (AvgIpc) is 1.84. The van der Waals surface area contributed by atoms with Crippen molar-refractivity contribution in [3.8, 4) is 0 Å². The molecule has 0 amide bonds. The molecule has 1 nitrogen and oxygen atoms in total. The van der Waals surface area contributed by atoms with Crippen LogP contribution in [0.4, 0.5) is 0 Å². The minimum absolute atomic E-state index is 0.337. The minimum Gasteiger partial charge on any atom is -0.328 e. The maximum atomic E-state index is 5.81. The maximum absolute atomic E-state index is 5.81. The summed E-state index contributed by atoms with van der Waals surface area (Å²) in [5, 5.41) is 0. The van der Waals surface area contributed by atoms with Gasteiger partial charge in [0, 0.05) is 6.04 Å². The van der Waals surface area contributed by atoms with E-state index in [1.165, 1.54) is 6.42 Å². The predicted molar refractivity (Wildman–Crippen MR) is 51.4 cm³/mol. The van der Waals surface area contributed by atoms with Gasteiger partial charge >= 0.3 is 0 Å². The molecule has 0 aliphatic rings. The van der Waals surface area contributed by atoms with Crippen molar-refractivity contribution in [3.63, 3.8) is 0 Å². The lowest BCUT2D eigenvalue weighted by atomic mass is 9.84. The fraction of sp³-hybridized carbons (Fsp3) is 1.00. The van der Waals surface area contributed by atoms with Gasteiger partial charge in [0.25, 0.3) is 0 Å². The summed E-state index contributed by atoms with van der Waals surface area (Å²) < 4.78 is 0. The zero-order valence-corrected chi connectivity index (χ0v) is 8.59. The first-order valence-corrected chi connectivity index (χ1v) is 4.70. The van der Waals surface area contributed by atoms with Gasteiger partial charge in [-0.15, -0.1) is 0 Å². The average molecular weight is 157 g/mol. The molecule has 0 heterocycles. The van der Waals surface area contributed by atoms with Crippen LogP contribution in [-0.4, -0.2) is 6.04 Å². The van der Waals surface area contributed by atoms with Gasteiger partial charge in [0.05, 0.1) is 0 Å². The zero-order valence-electron chi connectivity index (χ0n) is 8.59. The number of hydrogen-bond acceptors (Lipinski definition) is 1. The Kier molecular flexibility index (Phi) is 4.74. The van der Waals surface area contributed by atoms with E-state index in [0.29, 0.717) is 12.0 Å². The molecule has 0 rings (SSSR count). The first-order chi connectivity index (χ1) is 4.95. The van der Waals surface area contributed by atoms with E-state index in [0.717, 1.165) is 11.8 Å². The highest BCUT2D eigenvalue weighted by molar-refractivity contribution is 4.70. The predicted octanol–water partition coefficient (Wildman–Crippen LogP) is 2.65. The number of nitrogens with two attached hydrogens (primary N) is 1. The molecular weight excluding hydrogens is 134 g/mol. The van der Waals surface area contributed by atoms with Gasteiger partial charge < -0.3 is 5.73 Å². The SMILES string of the molecule is CC(C)CC(C)C(C)C(C)N. The summed E-state index contributed by atoms with van der Waals surface area (Å²) >= 11 is 0. The number of rotatable bonds is 4. The summed E-state index contributed by atoms with van der Waals surface area (Å²) in [5.74, 6) is 2.21. The van der Waals surface area contributed by atoms with Crippen LogP contribution in [0.1, 0.15) is 41.0 Å². The molecular formula is C10H23N. The summed E-state index contributed by atoms with van der Waals surface area (Å²) in [6.07, 6.45) is 1.29. The Hall–Kier alpha value is -0.0400. The summed E-state index contributed by atoms with van der Waals surface area (Å²) in [5.41, 5.74) is 5.81. The Labute approximate surface area is 71.4 Å². The van der Waals surface area contributed by atoms with E-state index in [2.05, 4.69) is 34.6 Å². The van der Waals surface area contributed by atoms with Gasteiger partial charge in [0.2, 0.25) is 0 Å². The molecule has 3 atom stereocenters. The molecule has 0 aromatic rings. The summed E-state index contributed by atoms with van der Waals surface area (Å²) in [6.45, 7) is 11.2. The van der Waals surface area contributed by atoms with Crippen LogP contribution in [-0.2, 0) is 0 Å². The van der Waals surface area contributed by atoms with Gasteiger partial charge in [0.1, 0.15) is 0 Å². The van der Waals surface area contributed by atoms with Crippen LogP contribution in [0.15, 0.2) is 0 Å². The van der Waals surface area contributed by atoms with Gasteiger partial charge in [-0.1, -0.05) is 27.7 Å². The number of hydrogen-bond donors (Lipinski definition) is 1. The molecule has 0 aliphatic carbocycles. The molecule has 0 aliphatic heterocycles. The Morgan fingerprint density at radius 3 is 1.73 bits per heavy atom. The van der Waals surface area contributed by atoms with Crippen molar-refractivity contribution >= 4 is 0 Å². The third kappa shape index (κ3) is 4.41. The van der Waals surface area contributed by atoms with Crippen LogP contribution < -0.4 is 5.73 Å². The molecule has 0 radical (unpaired) electrons. The summed E-state index contributed by atoms with van der Waals surface area (Å²) in [7, 11) is 0. The second-order valence-electron chi connectivity index (χ2n) is 4.33. The van der Waals surface area contributed by atoms with E-state index in [1.54, 1.807) is 0 Å². The van der Waals surface area contributed by atoms with Gasteiger partial charge in [-0.3, -0.25) is 0 Å². The first kappa shape index (κ1) is 11.0. The van der Waals surface area contributed by atoms with Gasteiger partial charge in [0.15, 0.2) is 0 Å². The Balaban J connectivity index is 3.73. The van der Waals surface area contributed by atoms with Crippen LogP contribution in [0.25, 0.3) is 0 Å². The fourth-order valence-electron chi connectivity index (χ4n) is 1.48. The van der Waals surface area contributed by atoms with Crippen LogP contribution in [0, 0.1) is 17.8 Å². The van der Waals surface area contributed by atoms with Crippen molar-refractivity contribution in [1.82, 2.24) is 0 Å². The molecule has 0 aromatic heterocycles. The normalized spacial score (nSPS) is 19.9. The largest absolute Gasteiger partial charge is 0.328 e. The smallest absolute Gasteiger partial charge is 0.00386 e. The Bertz CT molecular complexity index is 97.0. The molecule has 0 fully saturated rings. The molecule has 0 saturated heterocycles. The Morgan fingerprint density at radius 2 is 1.45 bits per heavy atom. The third-order valence-electron chi connectivity index (χ3n) is 2.57. The minimum atomic E-state index is 0.337. The third-order valence-corrected chi connectivity index (χ3v) is 2.57. The zero-order chi connectivity index (χ0) is 9.02. The van der Waals surface area contributed by atoms with Crippen LogP contribution in [0.2, 0.25) is 0 Å². The Morgan fingerprint density at radius 1 is 1.00 bits per heavy atom. The second kappa shape index (κ2) is 4.76. The van der Waals surface area contributed by atoms with Crippen molar-refractivity contribution in [2.75, 3.05) is 0 Å². The molecule has 2 N–H and O–H groups in total. The van der Waals surface area contributed by atoms with E-state index >= 15 is 0 Å². The van der Waals surface area contributed by atoms with E-state index in [9.17, 15) is 0 Å². The van der Waals surface area contributed by atoms with E-state index in [4.69, 9.17) is 5.73 Å². The molecule has 0 saturated carbocycles.